The molecule has 240 valence electrons. The van der Waals surface area contributed by atoms with E-state index in [2.05, 4.69) is 15.6 Å². The number of methoxy groups -OCH3 is 1. The van der Waals surface area contributed by atoms with Crippen molar-refractivity contribution in [2.24, 2.45) is 0 Å². The average Bonchev–Trinajstić information content (AvgIpc) is 3.43. The smallest absolute Gasteiger partial charge is 0.277 e. The van der Waals surface area contributed by atoms with Crippen molar-refractivity contribution in [1.29, 1.82) is 0 Å². The molecule has 1 amide bonds. The Morgan fingerprint density at radius 1 is 0.979 bits per heavy atom. The van der Waals surface area contributed by atoms with Crippen LogP contribution in [0, 0.1) is 11.6 Å². The molecule has 6 rings (SSSR count). The highest BCUT2D eigenvalue weighted by Gasteiger charge is 2.26. The first-order chi connectivity index (χ1) is 22.4. The largest absolute Gasteiger partial charge is 0.496 e. The quantitative estimate of drug-likeness (QED) is 0.242. The SMILES string of the molecule is CNC(=O)c1c(-c2ccc(F)cc2)oc2cc(N(C)S(C)(=O)=O)c(-c3ccc4nnn(Cc5ccc(F)cc5OC)c(=O)c4c3)cc12. The van der Waals surface area contributed by atoms with Crippen LogP contribution in [0.2, 0.25) is 0 Å². The first-order valence-electron chi connectivity index (χ1n) is 14.1. The third-order valence-electron chi connectivity index (χ3n) is 7.81. The molecule has 0 atom stereocenters. The molecule has 11 nitrogen and oxygen atoms in total. The van der Waals surface area contributed by atoms with E-state index in [9.17, 15) is 26.8 Å². The minimum Gasteiger partial charge on any atom is -0.496 e. The number of nitrogens with one attached hydrogen (secondary N) is 1. The Bertz CT molecular complexity index is 2370. The maximum atomic E-state index is 13.8. The first-order valence-corrected chi connectivity index (χ1v) is 16.0. The molecule has 0 aliphatic carbocycles. The number of ether oxygens (including phenoxy) is 1. The summed E-state index contributed by atoms with van der Waals surface area (Å²) < 4.78 is 66.6. The molecule has 4 aromatic carbocycles. The monoisotopic (exact) mass is 659 g/mol. The van der Waals surface area contributed by atoms with Crippen molar-refractivity contribution in [3.05, 3.63) is 106 Å². The fraction of sp³-hybridized carbons (Fsp3) is 0.152. The second-order valence-corrected chi connectivity index (χ2v) is 12.7. The number of furan rings is 1. The van der Waals surface area contributed by atoms with E-state index < -0.39 is 33.1 Å². The van der Waals surface area contributed by atoms with Crippen LogP contribution in [0.5, 0.6) is 5.75 Å². The van der Waals surface area contributed by atoms with Gasteiger partial charge in [-0.3, -0.25) is 13.9 Å². The third kappa shape index (κ3) is 5.78. The summed E-state index contributed by atoms with van der Waals surface area (Å²) in [6, 6.07) is 17.3. The van der Waals surface area contributed by atoms with Crippen molar-refractivity contribution in [1.82, 2.24) is 20.3 Å². The minimum atomic E-state index is -3.79. The van der Waals surface area contributed by atoms with E-state index in [1.54, 1.807) is 24.3 Å². The van der Waals surface area contributed by atoms with Crippen molar-refractivity contribution in [2.75, 3.05) is 31.8 Å². The zero-order valence-electron chi connectivity index (χ0n) is 25.5. The van der Waals surface area contributed by atoms with Gasteiger partial charge in [0.25, 0.3) is 11.5 Å². The van der Waals surface area contributed by atoms with Gasteiger partial charge >= 0.3 is 0 Å². The summed E-state index contributed by atoms with van der Waals surface area (Å²) in [6.07, 6.45) is 1.04. The molecule has 6 aromatic rings. The molecule has 2 aromatic heterocycles. The van der Waals surface area contributed by atoms with Crippen LogP contribution in [0.3, 0.4) is 0 Å². The number of fused-ring (bicyclic) bond motifs is 2. The van der Waals surface area contributed by atoms with Gasteiger partial charge in [0.05, 0.1) is 36.5 Å². The van der Waals surface area contributed by atoms with Crippen molar-refractivity contribution < 1.29 is 31.1 Å². The maximum Gasteiger partial charge on any atom is 0.277 e. The van der Waals surface area contributed by atoms with E-state index >= 15 is 0 Å². The fourth-order valence-corrected chi connectivity index (χ4v) is 5.82. The van der Waals surface area contributed by atoms with Crippen LogP contribution in [0.1, 0.15) is 15.9 Å². The topological polar surface area (TPSA) is 137 Å². The molecular weight excluding hydrogens is 632 g/mol. The van der Waals surface area contributed by atoms with Gasteiger partial charge in [0.2, 0.25) is 10.0 Å². The number of aromatic nitrogens is 3. The van der Waals surface area contributed by atoms with Gasteiger partial charge in [-0.1, -0.05) is 17.3 Å². The Kier molecular flexibility index (Phi) is 7.97. The average molecular weight is 660 g/mol. The Balaban J connectivity index is 1.58. The molecule has 0 unspecified atom stereocenters. The summed E-state index contributed by atoms with van der Waals surface area (Å²) in [5.74, 6) is -1.05. The Labute approximate surface area is 267 Å². The zero-order chi connectivity index (χ0) is 33.6. The van der Waals surface area contributed by atoms with E-state index in [4.69, 9.17) is 9.15 Å². The number of nitrogens with zero attached hydrogens (tertiary/aromatic N) is 4. The third-order valence-corrected chi connectivity index (χ3v) is 9.00. The van der Waals surface area contributed by atoms with Crippen LogP contribution in [-0.2, 0) is 16.6 Å². The molecule has 1 N–H and O–H groups in total. The maximum absolute atomic E-state index is 13.8. The number of rotatable bonds is 8. The minimum absolute atomic E-state index is 0.0554. The molecule has 14 heteroatoms. The number of sulfonamides is 1. The number of carbonyl (C=O) groups excluding carboxylic acids is 1. The second-order valence-electron chi connectivity index (χ2n) is 10.7. The number of anilines is 1. The summed E-state index contributed by atoms with van der Waals surface area (Å²) in [7, 11) is 0.426. The number of hydrogen-bond donors (Lipinski definition) is 1. The molecule has 0 radical (unpaired) electrons. The summed E-state index contributed by atoms with van der Waals surface area (Å²) in [5.41, 5.74) is 2.10. The van der Waals surface area contributed by atoms with Gasteiger partial charge in [-0.15, -0.1) is 5.10 Å². The molecule has 0 saturated heterocycles. The molecular formula is C33H27F2N5O6S. The van der Waals surface area contributed by atoms with Crippen LogP contribution in [0.4, 0.5) is 14.5 Å². The zero-order valence-corrected chi connectivity index (χ0v) is 26.4. The molecule has 2 heterocycles. The van der Waals surface area contributed by atoms with Gasteiger partial charge in [0.1, 0.15) is 34.2 Å². The lowest BCUT2D eigenvalue weighted by Gasteiger charge is -2.21. The highest BCUT2D eigenvalue weighted by atomic mass is 32.2. The summed E-state index contributed by atoms with van der Waals surface area (Å²) >= 11 is 0. The Hall–Kier alpha value is -5.63. The molecule has 0 spiro atoms. The number of benzene rings is 4. The van der Waals surface area contributed by atoms with Crippen LogP contribution in [-0.4, -0.2) is 56.8 Å². The first kappa shape index (κ1) is 31.4. The molecule has 0 aliphatic heterocycles. The van der Waals surface area contributed by atoms with E-state index in [-0.39, 0.29) is 45.8 Å². The standard InChI is InChI=1S/C33H27F2N5O6S/c1-36-32(41)30-25-15-23(27(39(2)47(4,43)44)16-29(25)46-31(30)18-5-9-21(34)10-6-18)19-8-12-26-24(13-19)33(42)40(38-37-26)17-20-7-11-22(35)14-28(20)45-3/h5-16H,17H2,1-4H3,(H,36,41). The predicted octanol–water partition coefficient (Wildman–Crippen LogP) is 4.96. The molecule has 0 bridgehead atoms. The highest BCUT2D eigenvalue weighted by Crippen LogP contribution is 2.41. The lowest BCUT2D eigenvalue weighted by Crippen LogP contribution is -2.26. The van der Waals surface area contributed by atoms with Crippen LogP contribution >= 0.6 is 0 Å². The Morgan fingerprint density at radius 3 is 2.36 bits per heavy atom. The normalized spacial score (nSPS) is 11.6. The Morgan fingerprint density at radius 2 is 1.68 bits per heavy atom. The molecule has 0 aliphatic rings. The number of amides is 1. The van der Waals surface area contributed by atoms with Crippen molar-refractivity contribution in [3.63, 3.8) is 0 Å². The number of hydrogen-bond acceptors (Lipinski definition) is 8. The van der Waals surface area contributed by atoms with Gasteiger partial charge in [-0.05, 0) is 54.1 Å². The van der Waals surface area contributed by atoms with Gasteiger partial charge in [0, 0.05) is 48.3 Å². The van der Waals surface area contributed by atoms with Gasteiger partial charge < -0.3 is 14.5 Å². The van der Waals surface area contributed by atoms with Crippen LogP contribution < -0.4 is 19.9 Å². The fourth-order valence-electron chi connectivity index (χ4n) is 5.32. The van der Waals surface area contributed by atoms with E-state index in [1.807, 2.05) is 0 Å². The van der Waals surface area contributed by atoms with E-state index in [0.717, 1.165) is 15.2 Å². The molecule has 47 heavy (non-hydrogen) atoms. The molecule has 0 fully saturated rings. The summed E-state index contributed by atoms with van der Waals surface area (Å²) in [4.78, 5) is 26.9. The van der Waals surface area contributed by atoms with E-state index in [1.165, 1.54) is 69.7 Å². The van der Waals surface area contributed by atoms with Gasteiger partial charge in [0.15, 0.2) is 0 Å². The summed E-state index contributed by atoms with van der Waals surface area (Å²) in [6.45, 7) is -0.0554. The van der Waals surface area contributed by atoms with Crippen LogP contribution in [0.15, 0.2) is 82.0 Å². The number of halogens is 2. The summed E-state index contributed by atoms with van der Waals surface area (Å²) in [5, 5.41) is 11.4. The van der Waals surface area contributed by atoms with Crippen molar-refractivity contribution >= 4 is 43.5 Å². The predicted molar refractivity (Wildman–Crippen MR) is 173 cm³/mol. The van der Waals surface area contributed by atoms with E-state index in [0.29, 0.717) is 27.6 Å². The number of carbonyl (C=O) groups is 1. The lowest BCUT2D eigenvalue weighted by atomic mass is 9.97. The second kappa shape index (κ2) is 11.9. The lowest BCUT2D eigenvalue weighted by molar-refractivity contribution is 0.0964. The van der Waals surface area contributed by atoms with Crippen molar-refractivity contribution in [3.8, 4) is 28.2 Å². The van der Waals surface area contributed by atoms with Crippen LogP contribution in [0.25, 0.3) is 44.3 Å². The van der Waals surface area contributed by atoms with Gasteiger partial charge in [-0.25, -0.2) is 21.9 Å². The van der Waals surface area contributed by atoms with Crippen molar-refractivity contribution in [2.45, 2.75) is 6.54 Å². The highest BCUT2D eigenvalue weighted by molar-refractivity contribution is 7.92. The molecule has 0 saturated carbocycles. The van der Waals surface area contributed by atoms with Gasteiger partial charge in [-0.2, -0.15) is 0 Å².